The normalized spacial score (nSPS) is 8.42. The van der Waals surface area contributed by atoms with Crippen LogP contribution in [-0.2, 0) is 17.1 Å². The number of carboxylic acid groups (broad SMARTS) is 2. The maximum absolute atomic E-state index is 9.99. The van der Waals surface area contributed by atoms with Crippen molar-refractivity contribution < 1.29 is 36.9 Å². The topological polar surface area (TPSA) is 132 Å². The van der Waals surface area contributed by atoms with E-state index in [0.29, 0.717) is 0 Å². The molecule has 0 bridgehead atoms. The number of aromatic nitrogens is 4. The molecular formula is C10H6CuN4O4. The summed E-state index contributed by atoms with van der Waals surface area (Å²) < 4.78 is 0. The number of rotatable bonds is 2. The molecule has 8 nitrogen and oxygen atoms in total. The molecule has 9 heteroatoms. The molecule has 2 heterocycles. The summed E-state index contributed by atoms with van der Waals surface area (Å²) in [6.45, 7) is 0. The van der Waals surface area contributed by atoms with Crippen LogP contribution in [0.3, 0.4) is 0 Å². The van der Waals surface area contributed by atoms with Gasteiger partial charge in [0, 0.05) is 24.8 Å². The quantitative estimate of drug-likeness (QED) is 0.565. The summed E-state index contributed by atoms with van der Waals surface area (Å²) in [5.74, 6) is -2.61. The van der Waals surface area contributed by atoms with Gasteiger partial charge >= 0.3 is 17.1 Å². The number of hydrogen-bond acceptors (Lipinski definition) is 8. The third-order valence-electron chi connectivity index (χ3n) is 1.54. The molecule has 0 aliphatic carbocycles. The van der Waals surface area contributed by atoms with Crippen LogP contribution in [0.15, 0.2) is 37.2 Å². The molecule has 2 aromatic heterocycles. The zero-order chi connectivity index (χ0) is 13.4. The van der Waals surface area contributed by atoms with Crippen LogP contribution < -0.4 is 10.2 Å². The monoisotopic (exact) mass is 309 g/mol. The van der Waals surface area contributed by atoms with Crippen molar-refractivity contribution in [1.29, 1.82) is 0 Å². The first-order valence-electron chi connectivity index (χ1n) is 4.56. The van der Waals surface area contributed by atoms with Gasteiger partial charge in [-0.25, -0.2) is 0 Å². The molecule has 101 valence electrons. The van der Waals surface area contributed by atoms with E-state index >= 15 is 0 Å². The number of aromatic carboxylic acids is 2. The molecule has 0 unspecified atom stereocenters. The predicted octanol–water partition coefficient (Wildman–Crippen LogP) is -2.32. The standard InChI is InChI=1S/2C5H4N2O2.Cu/c2*8-5(9)4-3-6-1-2-7-4;/h2*1-3H,(H,8,9);/q;;+2/p-2. The van der Waals surface area contributed by atoms with E-state index in [1.165, 1.54) is 24.8 Å². The van der Waals surface area contributed by atoms with Crippen LogP contribution in [0.1, 0.15) is 21.0 Å². The molecule has 2 aromatic rings. The second-order valence-corrected chi connectivity index (χ2v) is 2.76. The largest absolute Gasteiger partial charge is 2.00 e. The minimum absolute atomic E-state index is 0. The summed E-state index contributed by atoms with van der Waals surface area (Å²) in [4.78, 5) is 33.9. The maximum atomic E-state index is 9.99. The molecule has 19 heavy (non-hydrogen) atoms. The van der Waals surface area contributed by atoms with E-state index in [2.05, 4.69) is 19.9 Å². The van der Waals surface area contributed by atoms with Gasteiger partial charge in [-0.3, -0.25) is 19.9 Å². The Morgan fingerprint density at radius 1 is 0.789 bits per heavy atom. The Morgan fingerprint density at radius 3 is 1.32 bits per heavy atom. The molecule has 0 saturated heterocycles. The second-order valence-electron chi connectivity index (χ2n) is 2.76. The van der Waals surface area contributed by atoms with E-state index in [1.807, 2.05) is 0 Å². The third-order valence-corrected chi connectivity index (χ3v) is 1.54. The second kappa shape index (κ2) is 8.67. The predicted molar refractivity (Wildman–Crippen MR) is 52.7 cm³/mol. The summed E-state index contributed by atoms with van der Waals surface area (Å²) in [6, 6.07) is 0. The van der Waals surface area contributed by atoms with Gasteiger partial charge in [-0.1, -0.05) is 0 Å². The number of nitrogens with zero attached hydrogens (tertiary/aromatic N) is 4. The summed E-state index contributed by atoms with van der Waals surface area (Å²) in [5, 5.41) is 20.0. The van der Waals surface area contributed by atoms with E-state index in [9.17, 15) is 19.8 Å². The minimum atomic E-state index is -1.30. The molecule has 0 amide bonds. The first-order chi connectivity index (χ1) is 8.61. The fourth-order valence-electron chi connectivity index (χ4n) is 0.809. The van der Waals surface area contributed by atoms with E-state index in [-0.39, 0.29) is 28.5 Å². The van der Waals surface area contributed by atoms with Crippen LogP contribution in [0.2, 0.25) is 0 Å². The van der Waals surface area contributed by atoms with Crippen LogP contribution in [0.25, 0.3) is 0 Å². The molecule has 2 rings (SSSR count). The Hall–Kier alpha value is -2.38. The van der Waals surface area contributed by atoms with Crippen molar-refractivity contribution in [3.8, 4) is 0 Å². The Labute approximate surface area is 118 Å². The van der Waals surface area contributed by atoms with Crippen LogP contribution in [-0.4, -0.2) is 31.9 Å². The van der Waals surface area contributed by atoms with Gasteiger partial charge in [0.15, 0.2) is 0 Å². The molecule has 0 aromatic carbocycles. The van der Waals surface area contributed by atoms with E-state index in [4.69, 9.17) is 0 Å². The maximum Gasteiger partial charge on any atom is 2.00 e. The number of carboxylic acids is 2. The van der Waals surface area contributed by atoms with Crippen molar-refractivity contribution >= 4 is 11.9 Å². The van der Waals surface area contributed by atoms with Crippen LogP contribution >= 0.6 is 0 Å². The van der Waals surface area contributed by atoms with Gasteiger partial charge in [0.05, 0.1) is 24.3 Å². The van der Waals surface area contributed by atoms with Crippen LogP contribution in [0.5, 0.6) is 0 Å². The fraction of sp³-hybridized carbons (Fsp3) is 0. The SMILES string of the molecule is O=C([O-])c1cnccn1.O=C([O-])c1cnccn1.[Cu+2]. The Balaban J connectivity index is 0.000000324. The Kier molecular flexibility index (Phi) is 7.59. The summed E-state index contributed by atoms with van der Waals surface area (Å²) >= 11 is 0. The molecule has 1 radical (unpaired) electrons. The van der Waals surface area contributed by atoms with Gasteiger partial charge in [0.2, 0.25) is 0 Å². The Bertz CT molecular complexity index is 474. The van der Waals surface area contributed by atoms with Crippen molar-refractivity contribution in [2.45, 2.75) is 0 Å². The van der Waals surface area contributed by atoms with Gasteiger partial charge in [-0.05, 0) is 0 Å². The molecule has 0 aliphatic heterocycles. The zero-order valence-electron chi connectivity index (χ0n) is 9.19. The van der Waals surface area contributed by atoms with Gasteiger partial charge in [0.25, 0.3) is 0 Å². The molecule has 0 atom stereocenters. The van der Waals surface area contributed by atoms with Crippen molar-refractivity contribution in [2.24, 2.45) is 0 Å². The number of carbonyl (C=O) groups is 2. The molecular weight excluding hydrogens is 304 g/mol. The van der Waals surface area contributed by atoms with Crippen molar-refractivity contribution in [2.75, 3.05) is 0 Å². The van der Waals surface area contributed by atoms with Crippen molar-refractivity contribution in [1.82, 2.24) is 19.9 Å². The van der Waals surface area contributed by atoms with Gasteiger partial charge in [-0.2, -0.15) is 0 Å². The molecule has 0 spiro atoms. The van der Waals surface area contributed by atoms with Crippen LogP contribution in [0.4, 0.5) is 0 Å². The smallest absolute Gasteiger partial charge is 0.543 e. The van der Waals surface area contributed by atoms with Crippen LogP contribution in [0, 0.1) is 0 Å². The minimum Gasteiger partial charge on any atom is -0.543 e. The fourth-order valence-corrected chi connectivity index (χ4v) is 0.809. The summed E-state index contributed by atoms with van der Waals surface area (Å²) in [5.41, 5.74) is -0.282. The average Bonchev–Trinajstić information content (AvgIpc) is 2.41. The first-order valence-corrected chi connectivity index (χ1v) is 4.56. The summed E-state index contributed by atoms with van der Waals surface area (Å²) in [6.07, 6.45) is 7.65. The van der Waals surface area contributed by atoms with Crippen molar-refractivity contribution in [3.05, 3.63) is 48.6 Å². The molecule has 0 N–H and O–H groups in total. The molecule has 0 saturated carbocycles. The molecule has 0 fully saturated rings. The van der Waals surface area contributed by atoms with Gasteiger partial charge in [-0.15, -0.1) is 0 Å². The van der Waals surface area contributed by atoms with E-state index in [1.54, 1.807) is 0 Å². The Morgan fingerprint density at radius 2 is 1.16 bits per heavy atom. The third kappa shape index (κ3) is 6.20. The average molecular weight is 310 g/mol. The van der Waals surface area contributed by atoms with Gasteiger partial charge < -0.3 is 19.8 Å². The van der Waals surface area contributed by atoms with Gasteiger partial charge in [0.1, 0.15) is 11.4 Å². The van der Waals surface area contributed by atoms with E-state index < -0.39 is 11.9 Å². The first kappa shape index (κ1) is 16.6. The number of hydrogen-bond donors (Lipinski definition) is 0. The van der Waals surface area contributed by atoms with Crippen molar-refractivity contribution in [3.63, 3.8) is 0 Å². The van der Waals surface area contributed by atoms with E-state index in [0.717, 1.165) is 12.4 Å². The zero-order valence-corrected chi connectivity index (χ0v) is 10.1. The number of carbonyl (C=O) groups excluding carboxylic acids is 2. The summed E-state index contributed by atoms with van der Waals surface area (Å²) in [7, 11) is 0. The molecule has 0 aliphatic rings.